The Bertz CT molecular complexity index is 1110. The number of benzene rings is 2. The first-order chi connectivity index (χ1) is 16.0. The lowest BCUT2D eigenvalue weighted by atomic mass is 9.94. The fraction of sp³-hybridized carbons (Fsp3) is 0.333. The van der Waals surface area contributed by atoms with Crippen molar-refractivity contribution in [2.24, 2.45) is 0 Å². The Labute approximate surface area is 197 Å². The molecule has 1 N–H and O–H groups in total. The first kappa shape index (κ1) is 22.7. The van der Waals surface area contributed by atoms with Gasteiger partial charge in [0.05, 0.1) is 12.0 Å². The number of carbonyl (C=O) groups is 1. The zero-order valence-corrected chi connectivity index (χ0v) is 19.1. The van der Waals surface area contributed by atoms with Crippen LogP contribution < -0.4 is 14.8 Å². The third-order valence-corrected chi connectivity index (χ3v) is 6.21. The van der Waals surface area contributed by atoms with Crippen molar-refractivity contribution >= 4 is 35.0 Å². The molecule has 0 bridgehead atoms. The normalized spacial score (nSPS) is 17.8. The van der Waals surface area contributed by atoms with Crippen molar-refractivity contribution in [2.75, 3.05) is 7.11 Å². The summed E-state index contributed by atoms with van der Waals surface area (Å²) in [7, 11) is 1.55. The molecule has 2 aromatic carbocycles. The molecular formula is C24H25N3O5S. The van der Waals surface area contributed by atoms with Crippen LogP contribution in [0, 0.1) is 10.1 Å². The highest BCUT2D eigenvalue weighted by Gasteiger charge is 2.36. The summed E-state index contributed by atoms with van der Waals surface area (Å²) < 4.78 is 11.2. The SMILES string of the molecule is COc1ccc(/C=C2/NC(=S)N(C3CCCCC3)C2=O)cc1COc1ccccc1[N+](=O)[O-]. The Kier molecular flexibility index (Phi) is 6.88. The van der Waals surface area contributed by atoms with E-state index in [0.29, 0.717) is 22.1 Å². The maximum absolute atomic E-state index is 13.0. The van der Waals surface area contributed by atoms with Gasteiger partial charge in [0.15, 0.2) is 10.9 Å². The summed E-state index contributed by atoms with van der Waals surface area (Å²) in [4.78, 5) is 25.5. The Morgan fingerprint density at radius 1 is 1.18 bits per heavy atom. The Morgan fingerprint density at radius 3 is 2.67 bits per heavy atom. The molecule has 0 aromatic heterocycles. The molecule has 1 aliphatic heterocycles. The second-order valence-electron chi connectivity index (χ2n) is 8.04. The summed E-state index contributed by atoms with van der Waals surface area (Å²) in [6, 6.07) is 11.8. The molecule has 1 saturated carbocycles. The van der Waals surface area contributed by atoms with Crippen molar-refractivity contribution in [1.29, 1.82) is 0 Å². The molecule has 9 heteroatoms. The number of hydrogen-bond donors (Lipinski definition) is 1. The van der Waals surface area contributed by atoms with Crippen LogP contribution in [0.4, 0.5) is 5.69 Å². The topological polar surface area (TPSA) is 93.9 Å². The number of carbonyl (C=O) groups excluding carboxylic acids is 1. The Hall–Kier alpha value is -3.46. The predicted molar refractivity (Wildman–Crippen MR) is 128 cm³/mol. The Morgan fingerprint density at radius 2 is 1.94 bits per heavy atom. The minimum absolute atomic E-state index is 0.0685. The first-order valence-corrected chi connectivity index (χ1v) is 11.3. The van der Waals surface area contributed by atoms with Crippen molar-refractivity contribution in [1.82, 2.24) is 10.2 Å². The lowest BCUT2D eigenvalue weighted by Gasteiger charge is -2.29. The molecule has 1 saturated heterocycles. The first-order valence-electron chi connectivity index (χ1n) is 10.9. The van der Waals surface area contributed by atoms with Gasteiger partial charge in [0.25, 0.3) is 5.91 Å². The number of rotatable bonds is 7. The van der Waals surface area contributed by atoms with Crippen LogP contribution in [0.3, 0.4) is 0 Å². The number of hydrogen-bond acceptors (Lipinski definition) is 6. The van der Waals surface area contributed by atoms with E-state index in [1.54, 1.807) is 42.4 Å². The third-order valence-electron chi connectivity index (χ3n) is 5.91. The summed E-state index contributed by atoms with van der Waals surface area (Å²) in [5, 5.41) is 14.7. The minimum Gasteiger partial charge on any atom is -0.496 e. The Balaban J connectivity index is 1.54. The van der Waals surface area contributed by atoms with Crippen molar-refractivity contribution < 1.29 is 19.2 Å². The van der Waals surface area contributed by atoms with E-state index in [0.717, 1.165) is 31.2 Å². The molecule has 2 aliphatic rings. The molecule has 0 unspecified atom stereocenters. The van der Waals surface area contributed by atoms with Gasteiger partial charge in [0.2, 0.25) is 0 Å². The van der Waals surface area contributed by atoms with E-state index in [9.17, 15) is 14.9 Å². The molecule has 33 heavy (non-hydrogen) atoms. The highest BCUT2D eigenvalue weighted by molar-refractivity contribution is 7.80. The molecule has 0 spiro atoms. The van der Waals surface area contributed by atoms with E-state index < -0.39 is 4.92 Å². The van der Waals surface area contributed by atoms with Gasteiger partial charge in [-0.1, -0.05) is 37.5 Å². The van der Waals surface area contributed by atoms with Gasteiger partial charge in [-0.25, -0.2) is 0 Å². The number of nitrogens with one attached hydrogen (secondary N) is 1. The standard InChI is InChI=1S/C24H25N3O5S/c1-31-21-12-11-16(13-17(21)15-32-22-10-6-5-9-20(22)27(29)30)14-19-23(28)26(24(33)25-19)18-7-3-2-4-8-18/h5-6,9-14,18H,2-4,7-8,15H2,1H3,(H,25,33)/b19-14+. The van der Waals surface area contributed by atoms with E-state index in [-0.39, 0.29) is 30.0 Å². The highest BCUT2D eigenvalue weighted by atomic mass is 32.1. The number of nitro benzene ring substituents is 1. The van der Waals surface area contributed by atoms with Crippen molar-refractivity contribution in [3.05, 3.63) is 69.4 Å². The van der Waals surface area contributed by atoms with Crippen LogP contribution in [-0.2, 0) is 11.4 Å². The van der Waals surface area contributed by atoms with Crippen LogP contribution in [0.2, 0.25) is 0 Å². The maximum Gasteiger partial charge on any atom is 0.310 e. The molecule has 8 nitrogen and oxygen atoms in total. The maximum atomic E-state index is 13.0. The highest BCUT2D eigenvalue weighted by Crippen LogP contribution is 2.30. The van der Waals surface area contributed by atoms with Crippen LogP contribution in [0.15, 0.2) is 48.2 Å². The van der Waals surface area contributed by atoms with Gasteiger partial charge in [-0.3, -0.25) is 19.8 Å². The average molecular weight is 468 g/mol. The van der Waals surface area contributed by atoms with Crippen molar-refractivity contribution in [2.45, 2.75) is 44.8 Å². The van der Waals surface area contributed by atoms with Crippen LogP contribution in [0.5, 0.6) is 11.5 Å². The summed E-state index contributed by atoms with van der Waals surface area (Å²) in [5.41, 5.74) is 1.79. The number of thiocarbonyl (C=S) groups is 1. The van der Waals surface area contributed by atoms with E-state index in [2.05, 4.69) is 5.32 Å². The predicted octanol–water partition coefficient (Wildman–Crippen LogP) is 4.57. The number of nitrogens with zero attached hydrogens (tertiary/aromatic N) is 2. The molecule has 1 heterocycles. The van der Waals surface area contributed by atoms with Gasteiger partial charge >= 0.3 is 5.69 Å². The minimum atomic E-state index is -0.480. The third kappa shape index (κ3) is 4.98. The molecule has 1 aliphatic carbocycles. The van der Waals surface area contributed by atoms with Gasteiger partial charge in [0.1, 0.15) is 18.1 Å². The number of para-hydroxylation sites is 2. The van der Waals surface area contributed by atoms with E-state index in [1.165, 1.54) is 12.5 Å². The van der Waals surface area contributed by atoms with Gasteiger partial charge in [-0.05, 0) is 54.9 Å². The van der Waals surface area contributed by atoms with Crippen LogP contribution in [0.25, 0.3) is 6.08 Å². The lowest BCUT2D eigenvalue weighted by Crippen LogP contribution is -2.41. The van der Waals surface area contributed by atoms with Crippen molar-refractivity contribution in [3.8, 4) is 11.5 Å². The van der Waals surface area contributed by atoms with Crippen molar-refractivity contribution in [3.63, 3.8) is 0 Å². The summed E-state index contributed by atoms with van der Waals surface area (Å²) >= 11 is 5.44. The number of amides is 1. The second kappa shape index (κ2) is 9.99. The van der Waals surface area contributed by atoms with E-state index in [4.69, 9.17) is 21.7 Å². The average Bonchev–Trinajstić information content (AvgIpc) is 3.11. The summed E-state index contributed by atoms with van der Waals surface area (Å²) in [6.07, 6.45) is 7.11. The van der Waals surface area contributed by atoms with E-state index in [1.807, 2.05) is 12.1 Å². The smallest absolute Gasteiger partial charge is 0.310 e. The molecule has 172 valence electrons. The number of nitro groups is 1. The lowest BCUT2D eigenvalue weighted by molar-refractivity contribution is -0.385. The monoisotopic (exact) mass is 467 g/mol. The fourth-order valence-corrected chi connectivity index (χ4v) is 4.61. The second-order valence-corrected chi connectivity index (χ2v) is 8.43. The van der Waals surface area contributed by atoms with Gasteiger partial charge in [-0.2, -0.15) is 0 Å². The quantitative estimate of drug-likeness (QED) is 0.276. The van der Waals surface area contributed by atoms with Crippen LogP contribution in [-0.4, -0.2) is 34.0 Å². The zero-order chi connectivity index (χ0) is 23.4. The van der Waals surface area contributed by atoms with Gasteiger partial charge < -0.3 is 14.8 Å². The number of ether oxygens (including phenoxy) is 2. The summed E-state index contributed by atoms with van der Waals surface area (Å²) in [6.45, 7) is 0.0685. The largest absolute Gasteiger partial charge is 0.496 e. The number of methoxy groups -OCH3 is 1. The molecule has 2 aromatic rings. The molecule has 2 fully saturated rings. The zero-order valence-electron chi connectivity index (χ0n) is 18.3. The fourth-order valence-electron chi connectivity index (χ4n) is 4.27. The molecule has 4 rings (SSSR count). The molecule has 1 amide bonds. The van der Waals surface area contributed by atoms with Crippen LogP contribution in [0.1, 0.15) is 43.2 Å². The van der Waals surface area contributed by atoms with Crippen LogP contribution >= 0.6 is 12.2 Å². The van der Waals surface area contributed by atoms with E-state index >= 15 is 0 Å². The van der Waals surface area contributed by atoms with Gasteiger partial charge in [-0.15, -0.1) is 0 Å². The molecular weight excluding hydrogens is 442 g/mol. The molecule has 0 radical (unpaired) electrons. The molecule has 0 atom stereocenters. The summed E-state index contributed by atoms with van der Waals surface area (Å²) in [5.74, 6) is 0.649. The van der Waals surface area contributed by atoms with Gasteiger partial charge in [0, 0.05) is 17.7 Å².